The number of aromatic amines is 1. The van der Waals surface area contributed by atoms with E-state index >= 15 is 0 Å². The Kier molecular flexibility index (Phi) is 6.73. The van der Waals surface area contributed by atoms with Crippen LogP contribution >= 0.6 is 0 Å². The highest BCUT2D eigenvalue weighted by atomic mass is 19.1. The molecule has 170 valence electrons. The Morgan fingerprint density at radius 2 is 2.12 bits per heavy atom. The summed E-state index contributed by atoms with van der Waals surface area (Å²) in [5.74, 6) is 0.119. The van der Waals surface area contributed by atoms with E-state index in [1.807, 2.05) is 12.1 Å². The van der Waals surface area contributed by atoms with Crippen LogP contribution in [0, 0.1) is 23.1 Å². The zero-order chi connectivity index (χ0) is 23.2. The number of pyridine rings is 1. The van der Waals surface area contributed by atoms with Gasteiger partial charge in [-0.1, -0.05) is 0 Å². The first-order valence-electron chi connectivity index (χ1n) is 10.8. The van der Waals surface area contributed by atoms with Crippen LogP contribution in [-0.4, -0.2) is 50.6 Å². The summed E-state index contributed by atoms with van der Waals surface area (Å²) in [6.45, 7) is 3.64. The van der Waals surface area contributed by atoms with Crippen LogP contribution in [0.25, 0.3) is 11.5 Å². The molecule has 0 unspecified atom stereocenters. The fourth-order valence-electron chi connectivity index (χ4n) is 3.93. The smallest absolute Gasteiger partial charge is 0.320 e. The van der Waals surface area contributed by atoms with Crippen LogP contribution in [0.5, 0.6) is 0 Å². The van der Waals surface area contributed by atoms with Crippen molar-refractivity contribution < 1.29 is 9.18 Å². The Morgan fingerprint density at radius 3 is 2.82 bits per heavy atom. The molecule has 0 saturated carbocycles. The van der Waals surface area contributed by atoms with Crippen molar-refractivity contribution in [3.05, 3.63) is 48.1 Å². The van der Waals surface area contributed by atoms with Gasteiger partial charge in [0.25, 0.3) is 0 Å². The molecular formula is C22H24FN9O. The van der Waals surface area contributed by atoms with Gasteiger partial charge in [0, 0.05) is 32.0 Å². The molecule has 33 heavy (non-hydrogen) atoms. The SMILES string of the molecule is CCNC(=O)Nc1ncnc(CC2CCN(c3ccc(-c4ncc[nH]4)nc3C#N)CC2)c1F. The van der Waals surface area contributed by atoms with Crippen molar-refractivity contribution >= 4 is 17.5 Å². The van der Waals surface area contributed by atoms with E-state index in [0.29, 0.717) is 30.2 Å². The molecule has 2 amide bonds. The van der Waals surface area contributed by atoms with E-state index in [9.17, 15) is 14.4 Å². The molecule has 4 rings (SSSR count). The van der Waals surface area contributed by atoms with E-state index in [1.54, 1.807) is 19.3 Å². The van der Waals surface area contributed by atoms with Crippen molar-refractivity contribution in [1.29, 1.82) is 5.26 Å². The van der Waals surface area contributed by atoms with E-state index in [2.05, 4.69) is 46.5 Å². The number of nitriles is 1. The van der Waals surface area contributed by atoms with Crippen molar-refractivity contribution in [3.8, 4) is 17.6 Å². The summed E-state index contributed by atoms with van der Waals surface area (Å²) in [5.41, 5.74) is 2.04. The fourth-order valence-corrected chi connectivity index (χ4v) is 3.93. The topological polar surface area (TPSA) is 136 Å². The summed E-state index contributed by atoms with van der Waals surface area (Å²) >= 11 is 0. The number of carbonyl (C=O) groups is 1. The maximum Gasteiger partial charge on any atom is 0.320 e. The Balaban J connectivity index is 1.40. The number of hydrogen-bond donors (Lipinski definition) is 3. The van der Waals surface area contributed by atoms with Crippen molar-refractivity contribution in [2.24, 2.45) is 5.92 Å². The lowest BCUT2D eigenvalue weighted by molar-refractivity contribution is 0.252. The molecule has 0 atom stereocenters. The summed E-state index contributed by atoms with van der Waals surface area (Å²) in [5, 5.41) is 14.6. The molecule has 0 bridgehead atoms. The number of urea groups is 1. The van der Waals surface area contributed by atoms with Crippen LogP contribution in [-0.2, 0) is 6.42 Å². The summed E-state index contributed by atoms with van der Waals surface area (Å²) in [7, 11) is 0. The Labute approximate surface area is 190 Å². The van der Waals surface area contributed by atoms with Gasteiger partial charge >= 0.3 is 6.03 Å². The van der Waals surface area contributed by atoms with Crippen molar-refractivity contribution in [2.45, 2.75) is 26.2 Å². The van der Waals surface area contributed by atoms with Crippen LogP contribution in [0.1, 0.15) is 31.2 Å². The Hall–Kier alpha value is -4.07. The number of rotatable bonds is 6. The minimum Gasteiger partial charge on any atom is -0.369 e. The first-order valence-corrected chi connectivity index (χ1v) is 10.8. The van der Waals surface area contributed by atoms with Crippen molar-refractivity contribution in [3.63, 3.8) is 0 Å². The number of anilines is 2. The molecular weight excluding hydrogens is 425 g/mol. The lowest BCUT2D eigenvalue weighted by Crippen LogP contribution is -2.35. The maximum absolute atomic E-state index is 14.8. The monoisotopic (exact) mass is 449 g/mol. The molecule has 4 heterocycles. The Morgan fingerprint density at radius 1 is 1.30 bits per heavy atom. The van der Waals surface area contributed by atoms with Gasteiger partial charge in [0.15, 0.2) is 23.2 Å². The van der Waals surface area contributed by atoms with Crippen LogP contribution < -0.4 is 15.5 Å². The number of H-pyrrole nitrogens is 1. The zero-order valence-electron chi connectivity index (χ0n) is 18.2. The third-order valence-corrected chi connectivity index (χ3v) is 5.59. The zero-order valence-corrected chi connectivity index (χ0v) is 18.2. The molecule has 1 saturated heterocycles. The third kappa shape index (κ3) is 5.06. The van der Waals surface area contributed by atoms with Gasteiger partial charge in [0.05, 0.1) is 11.4 Å². The molecule has 0 radical (unpaired) electrons. The van der Waals surface area contributed by atoms with Crippen LogP contribution in [0.2, 0.25) is 0 Å². The maximum atomic E-state index is 14.8. The average Bonchev–Trinajstić information content (AvgIpc) is 3.37. The predicted molar refractivity (Wildman–Crippen MR) is 120 cm³/mol. The number of carbonyl (C=O) groups excluding carboxylic acids is 1. The van der Waals surface area contributed by atoms with Gasteiger partial charge in [-0.3, -0.25) is 5.32 Å². The number of piperidine rings is 1. The molecule has 0 aliphatic carbocycles. The highest BCUT2D eigenvalue weighted by Gasteiger charge is 2.24. The highest BCUT2D eigenvalue weighted by molar-refractivity contribution is 5.88. The number of aromatic nitrogens is 5. The molecule has 0 spiro atoms. The van der Waals surface area contributed by atoms with Gasteiger partial charge in [-0.25, -0.2) is 29.1 Å². The van der Waals surface area contributed by atoms with Crippen molar-refractivity contribution in [1.82, 2.24) is 30.2 Å². The molecule has 1 aliphatic rings. The van der Waals surface area contributed by atoms with E-state index < -0.39 is 11.8 Å². The second-order valence-corrected chi connectivity index (χ2v) is 7.72. The molecule has 11 heteroatoms. The van der Waals surface area contributed by atoms with Gasteiger partial charge in [-0.15, -0.1) is 0 Å². The van der Waals surface area contributed by atoms with E-state index in [4.69, 9.17) is 0 Å². The predicted octanol–water partition coefficient (Wildman–Crippen LogP) is 2.87. The van der Waals surface area contributed by atoms with E-state index in [0.717, 1.165) is 31.6 Å². The van der Waals surface area contributed by atoms with Crippen LogP contribution in [0.4, 0.5) is 20.7 Å². The minimum atomic E-state index is -0.601. The number of imidazole rings is 1. The van der Waals surface area contributed by atoms with Gasteiger partial charge < -0.3 is 15.2 Å². The van der Waals surface area contributed by atoms with E-state index in [1.165, 1.54) is 6.33 Å². The largest absolute Gasteiger partial charge is 0.369 e. The lowest BCUT2D eigenvalue weighted by Gasteiger charge is -2.33. The van der Waals surface area contributed by atoms with Gasteiger partial charge in [-0.2, -0.15) is 5.26 Å². The highest BCUT2D eigenvalue weighted by Crippen LogP contribution is 2.29. The standard InChI is InChI=1S/C22H24FN9O/c1-2-25-22(33)31-21-19(23)16(28-13-29-21)11-14-5-9-32(10-6-14)18-4-3-15(30-17(18)12-24)20-26-7-8-27-20/h3-4,7-8,13-14H,2,5-6,9-11H2,1H3,(H,26,27)(H2,25,28,29,31,33). The molecule has 3 aromatic rings. The van der Waals surface area contributed by atoms with Gasteiger partial charge in [0.2, 0.25) is 0 Å². The quantitative estimate of drug-likeness (QED) is 0.526. The molecule has 1 aliphatic heterocycles. The summed E-state index contributed by atoms with van der Waals surface area (Å²) in [4.78, 5) is 33.4. The number of amides is 2. The normalized spacial score (nSPS) is 14.0. The lowest BCUT2D eigenvalue weighted by atomic mass is 9.91. The van der Waals surface area contributed by atoms with Gasteiger partial charge in [-0.05, 0) is 44.2 Å². The summed E-state index contributed by atoms with van der Waals surface area (Å²) < 4.78 is 14.8. The Bertz CT molecular complexity index is 1150. The molecule has 3 N–H and O–H groups in total. The first-order chi connectivity index (χ1) is 16.1. The number of hydrogen-bond acceptors (Lipinski definition) is 7. The van der Waals surface area contributed by atoms with Crippen molar-refractivity contribution in [2.75, 3.05) is 29.9 Å². The fraction of sp³-hybridized carbons (Fsp3) is 0.364. The second kappa shape index (κ2) is 10.0. The molecule has 10 nitrogen and oxygen atoms in total. The molecule has 1 fully saturated rings. The summed E-state index contributed by atoms with van der Waals surface area (Å²) in [6, 6.07) is 5.42. The second-order valence-electron chi connectivity index (χ2n) is 7.72. The third-order valence-electron chi connectivity index (χ3n) is 5.59. The molecule has 0 aromatic carbocycles. The number of halogens is 1. The van der Waals surface area contributed by atoms with Gasteiger partial charge in [0.1, 0.15) is 18.1 Å². The number of nitrogens with zero attached hydrogens (tertiary/aromatic N) is 6. The van der Waals surface area contributed by atoms with E-state index in [-0.39, 0.29) is 17.4 Å². The average molecular weight is 449 g/mol. The molecule has 3 aromatic heterocycles. The van der Waals surface area contributed by atoms with Crippen LogP contribution in [0.15, 0.2) is 30.9 Å². The van der Waals surface area contributed by atoms with Crippen LogP contribution in [0.3, 0.4) is 0 Å². The number of nitrogens with one attached hydrogen (secondary N) is 3. The minimum absolute atomic E-state index is 0.121. The first kappa shape index (κ1) is 22.1. The summed E-state index contributed by atoms with van der Waals surface area (Å²) in [6.07, 6.45) is 6.69.